The van der Waals surface area contributed by atoms with E-state index < -0.39 is 53.3 Å². The molecular formula is C30H47N7O6. The number of H-pyrrole nitrogens is 1. The number of amides is 5. The van der Waals surface area contributed by atoms with Gasteiger partial charge in [0.05, 0.1) is 30.0 Å². The van der Waals surface area contributed by atoms with E-state index in [4.69, 9.17) is 0 Å². The summed E-state index contributed by atoms with van der Waals surface area (Å²) in [6, 6.07) is 3.96. The molecule has 2 unspecified atom stereocenters. The number of rotatable bonds is 12. The molecule has 0 fully saturated rings. The number of hydrogen-bond acceptors (Lipinski definition) is 7. The van der Waals surface area contributed by atoms with Crippen LogP contribution in [0.15, 0.2) is 24.3 Å². The number of nitrogens with one attached hydrogen (secondary N) is 5. The Bertz CT molecular complexity index is 1280. The van der Waals surface area contributed by atoms with Crippen molar-refractivity contribution in [2.45, 2.75) is 92.1 Å². The van der Waals surface area contributed by atoms with Gasteiger partial charge in [0.25, 0.3) is 5.91 Å². The minimum atomic E-state index is -1.63. The zero-order valence-corrected chi connectivity index (χ0v) is 26.6. The number of imidazole rings is 1. The molecule has 6 N–H and O–H groups in total. The number of hydrogen-bond donors (Lipinski definition) is 6. The van der Waals surface area contributed by atoms with Gasteiger partial charge in [-0.15, -0.1) is 0 Å². The van der Waals surface area contributed by atoms with E-state index in [1.807, 2.05) is 45.0 Å². The molecule has 238 valence electrons. The predicted octanol–water partition coefficient (Wildman–Crippen LogP) is 0.975. The Labute approximate surface area is 252 Å². The molecule has 2 aromatic rings. The van der Waals surface area contributed by atoms with Crippen LogP contribution in [-0.4, -0.2) is 87.8 Å². The quantitative estimate of drug-likeness (QED) is 0.209. The molecule has 5 amide bonds. The molecule has 13 heteroatoms. The highest BCUT2D eigenvalue weighted by Gasteiger charge is 2.37. The second kappa shape index (κ2) is 14.5. The van der Waals surface area contributed by atoms with Crippen molar-refractivity contribution in [3.8, 4) is 0 Å². The van der Waals surface area contributed by atoms with Crippen molar-refractivity contribution in [2.75, 3.05) is 14.1 Å². The number of carbonyl (C=O) groups is 5. The lowest BCUT2D eigenvalue weighted by atomic mass is 9.85. The van der Waals surface area contributed by atoms with Crippen LogP contribution in [0.5, 0.6) is 0 Å². The first kappa shape index (κ1) is 35.2. The molecule has 13 nitrogen and oxygen atoms in total. The highest BCUT2D eigenvalue weighted by molar-refractivity contribution is 5.95. The minimum absolute atomic E-state index is 0.0242. The van der Waals surface area contributed by atoms with Gasteiger partial charge in [0.2, 0.25) is 23.6 Å². The van der Waals surface area contributed by atoms with E-state index in [1.54, 1.807) is 20.8 Å². The van der Waals surface area contributed by atoms with E-state index in [2.05, 4.69) is 31.2 Å². The Morgan fingerprint density at radius 1 is 0.930 bits per heavy atom. The Balaban J connectivity index is 2.11. The van der Waals surface area contributed by atoms with Gasteiger partial charge in [0.15, 0.2) is 6.10 Å². The maximum Gasteiger partial charge on any atom is 0.251 e. The molecule has 0 aliphatic carbocycles. The minimum Gasteiger partial charge on any atom is -0.381 e. The number of aromatic nitrogens is 2. The van der Waals surface area contributed by atoms with Gasteiger partial charge in [-0.05, 0) is 29.9 Å². The van der Waals surface area contributed by atoms with Crippen molar-refractivity contribution in [3.05, 3.63) is 30.1 Å². The lowest BCUT2D eigenvalue weighted by Crippen LogP contribution is -2.60. The third-order valence-electron chi connectivity index (χ3n) is 6.62. The average molecular weight is 602 g/mol. The van der Waals surface area contributed by atoms with Gasteiger partial charge in [-0.1, -0.05) is 53.7 Å². The molecule has 0 aliphatic heterocycles. The van der Waals surface area contributed by atoms with E-state index >= 15 is 0 Å². The molecule has 0 saturated carbocycles. The summed E-state index contributed by atoms with van der Waals surface area (Å²) in [7, 11) is 3.03. The Morgan fingerprint density at radius 2 is 1.56 bits per heavy atom. The van der Waals surface area contributed by atoms with Gasteiger partial charge in [-0.25, -0.2) is 4.98 Å². The molecule has 4 atom stereocenters. The number of fused-ring (bicyclic) bond motifs is 1. The molecule has 1 aromatic heterocycles. The van der Waals surface area contributed by atoms with E-state index in [-0.39, 0.29) is 30.7 Å². The van der Waals surface area contributed by atoms with Crippen molar-refractivity contribution < 1.29 is 29.1 Å². The van der Waals surface area contributed by atoms with Gasteiger partial charge < -0.3 is 36.3 Å². The summed E-state index contributed by atoms with van der Waals surface area (Å²) in [6.45, 7) is 12.5. The summed E-state index contributed by atoms with van der Waals surface area (Å²) in [5.74, 6) is -2.41. The second-order valence-electron chi connectivity index (χ2n) is 13.3. The van der Waals surface area contributed by atoms with Crippen LogP contribution in [0.2, 0.25) is 0 Å². The van der Waals surface area contributed by atoms with Crippen molar-refractivity contribution in [1.29, 1.82) is 0 Å². The molecule has 0 bridgehead atoms. The summed E-state index contributed by atoms with van der Waals surface area (Å²) in [6.07, 6.45) is -1.82. The third-order valence-corrected chi connectivity index (χ3v) is 6.62. The van der Waals surface area contributed by atoms with Gasteiger partial charge >= 0.3 is 0 Å². The molecule has 0 radical (unpaired) electrons. The van der Waals surface area contributed by atoms with Crippen LogP contribution in [0.3, 0.4) is 0 Å². The summed E-state index contributed by atoms with van der Waals surface area (Å²) < 4.78 is 0. The summed E-state index contributed by atoms with van der Waals surface area (Å²) in [5, 5.41) is 21.1. The molecule has 2 rings (SSSR count). The fraction of sp³-hybridized carbons (Fsp3) is 0.600. The summed E-state index contributed by atoms with van der Waals surface area (Å²) >= 11 is 0. The zero-order chi connectivity index (χ0) is 32.7. The summed E-state index contributed by atoms with van der Waals surface area (Å²) in [4.78, 5) is 73.3. The lowest BCUT2D eigenvalue weighted by molar-refractivity contribution is -0.138. The van der Waals surface area contributed by atoms with E-state index in [0.717, 1.165) is 11.0 Å². The van der Waals surface area contributed by atoms with Crippen LogP contribution >= 0.6 is 0 Å². The monoisotopic (exact) mass is 601 g/mol. The molecule has 0 saturated heterocycles. The number of aliphatic hydroxyl groups is 1. The zero-order valence-electron chi connectivity index (χ0n) is 26.6. The highest BCUT2D eigenvalue weighted by atomic mass is 16.3. The SMILES string of the molecule is CC(NC(=O)[C@H](CC(=O)N(C)C)NC(=O)[C@@H](NC(=O)CC(C)(C)C)C(C)(C)C)C(O)C(=O)NCc1nc2ccccc2[nH]1. The normalized spacial score (nSPS) is 14.7. The second-order valence-corrected chi connectivity index (χ2v) is 13.3. The molecule has 0 aliphatic rings. The van der Waals surface area contributed by atoms with E-state index in [1.165, 1.54) is 25.9 Å². The van der Waals surface area contributed by atoms with Gasteiger partial charge in [-0.2, -0.15) is 0 Å². The van der Waals surface area contributed by atoms with Crippen molar-refractivity contribution >= 4 is 40.6 Å². The van der Waals surface area contributed by atoms with Crippen molar-refractivity contribution in [3.63, 3.8) is 0 Å². The maximum absolute atomic E-state index is 13.4. The molecule has 43 heavy (non-hydrogen) atoms. The fourth-order valence-electron chi connectivity index (χ4n) is 4.19. The van der Waals surface area contributed by atoms with Crippen LogP contribution in [0.4, 0.5) is 0 Å². The Kier molecular flexibility index (Phi) is 11.8. The van der Waals surface area contributed by atoms with Crippen LogP contribution in [-0.2, 0) is 30.5 Å². The lowest BCUT2D eigenvalue weighted by Gasteiger charge is -2.33. The standard InChI is InChI=1S/C30H47N7O6/c1-17(24(40)27(42)31-16-21-33-18-12-10-11-13-19(18)34-21)32-26(41)20(14-23(39)37(8)9)35-28(43)25(30(5,6)7)36-22(38)15-29(2,3)4/h10-13,17,20,24-25,40H,14-16H2,1-9H3,(H,31,42)(H,32,41)(H,33,34)(H,35,43)(H,36,38)/t17?,20-,24?,25+/m0/s1. The van der Waals surface area contributed by atoms with Crippen LogP contribution < -0.4 is 21.3 Å². The molecule has 1 aromatic carbocycles. The first-order chi connectivity index (χ1) is 19.8. The van der Waals surface area contributed by atoms with Crippen LogP contribution in [0, 0.1) is 10.8 Å². The highest BCUT2D eigenvalue weighted by Crippen LogP contribution is 2.22. The van der Waals surface area contributed by atoms with E-state index in [0.29, 0.717) is 5.82 Å². The number of benzene rings is 1. The maximum atomic E-state index is 13.4. The van der Waals surface area contributed by atoms with Crippen LogP contribution in [0.1, 0.15) is 67.1 Å². The van der Waals surface area contributed by atoms with Gasteiger partial charge in [0, 0.05) is 20.5 Å². The van der Waals surface area contributed by atoms with Gasteiger partial charge in [0.1, 0.15) is 17.9 Å². The Hall–Kier alpha value is -4.00. The first-order valence-electron chi connectivity index (χ1n) is 14.3. The number of aliphatic hydroxyl groups excluding tert-OH is 1. The van der Waals surface area contributed by atoms with Gasteiger partial charge in [-0.3, -0.25) is 24.0 Å². The number of carbonyl (C=O) groups excluding carboxylic acids is 5. The van der Waals surface area contributed by atoms with Crippen molar-refractivity contribution in [1.82, 2.24) is 36.1 Å². The Morgan fingerprint density at radius 3 is 2.12 bits per heavy atom. The first-order valence-corrected chi connectivity index (χ1v) is 14.3. The van der Waals surface area contributed by atoms with Crippen LogP contribution in [0.25, 0.3) is 11.0 Å². The fourth-order valence-corrected chi connectivity index (χ4v) is 4.19. The third kappa shape index (κ3) is 11.0. The van der Waals surface area contributed by atoms with Crippen molar-refractivity contribution in [2.24, 2.45) is 10.8 Å². The predicted molar refractivity (Wildman–Crippen MR) is 162 cm³/mol. The largest absolute Gasteiger partial charge is 0.381 e. The topological polar surface area (TPSA) is 186 Å². The average Bonchev–Trinajstić information content (AvgIpc) is 3.30. The number of aromatic amines is 1. The molecule has 0 spiro atoms. The molecular weight excluding hydrogens is 554 g/mol. The number of para-hydroxylation sites is 2. The van der Waals surface area contributed by atoms with E-state index in [9.17, 15) is 29.1 Å². The summed E-state index contributed by atoms with van der Waals surface area (Å²) in [5.41, 5.74) is 0.510. The molecule has 1 heterocycles. The smallest absolute Gasteiger partial charge is 0.251 e. The number of nitrogens with zero attached hydrogens (tertiary/aromatic N) is 2.